The van der Waals surface area contributed by atoms with Crippen molar-refractivity contribution in [3.05, 3.63) is 41.9 Å². The molecule has 11 heteroatoms. The van der Waals surface area contributed by atoms with Crippen LogP contribution in [0.25, 0.3) is 0 Å². The number of aromatic nitrogens is 2. The first-order valence-corrected chi connectivity index (χ1v) is 11.0. The molecule has 1 saturated heterocycles. The molecule has 2 N–H and O–H groups in total. The fraction of sp³-hybridized carbons (Fsp3) is 0.435. The van der Waals surface area contributed by atoms with E-state index in [1.807, 2.05) is 0 Å². The molecule has 0 bridgehead atoms. The highest BCUT2D eigenvalue weighted by Gasteiger charge is 2.53. The van der Waals surface area contributed by atoms with E-state index < -0.39 is 23.3 Å². The maximum absolute atomic E-state index is 13.5. The summed E-state index contributed by atoms with van der Waals surface area (Å²) in [5.74, 6) is -2.47. The van der Waals surface area contributed by atoms with E-state index in [0.29, 0.717) is 23.6 Å². The average Bonchev–Trinajstić information content (AvgIpc) is 3.13. The molecule has 2 fully saturated rings. The molecule has 3 heterocycles. The van der Waals surface area contributed by atoms with E-state index in [0.717, 1.165) is 4.90 Å². The standard InChI is InChI=1S/C23H25F2N5O4/c1-14-17(34-15-5-11-27-16(13-15)19(31)26-2)3-4-18(28-14)29-21(33)30-12-10-22(20(30)32)6-8-23(24,25)9-7-22/h3-5,11,13H,6-10,12H2,1-2H3,(H,26,31)(H,28,29,33). The van der Waals surface area contributed by atoms with Gasteiger partial charge >= 0.3 is 6.03 Å². The summed E-state index contributed by atoms with van der Waals surface area (Å²) < 4.78 is 32.9. The first-order valence-electron chi connectivity index (χ1n) is 11.0. The van der Waals surface area contributed by atoms with Gasteiger partial charge in [0.15, 0.2) is 0 Å². The number of anilines is 1. The number of carbonyl (C=O) groups is 3. The van der Waals surface area contributed by atoms with Crippen LogP contribution in [0.2, 0.25) is 0 Å². The predicted molar refractivity (Wildman–Crippen MR) is 118 cm³/mol. The van der Waals surface area contributed by atoms with E-state index in [9.17, 15) is 23.2 Å². The zero-order valence-corrected chi connectivity index (χ0v) is 18.9. The molecule has 4 amide bonds. The van der Waals surface area contributed by atoms with E-state index in [1.54, 1.807) is 19.1 Å². The second-order valence-electron chi connectivity index (χ2n) is 8.61. The largest absolute Gasteiger partial charge is 0.455 e. The quantitative estimate of drug-likeness (QED) is 0.696. The molecule has 34 heavy (non-hydrogen) atoms. The van der Waals surface area contributed by atoms with Gasteiger partial charge in [0.05, 0.1) is 11.1 Å². The van der Waals surface area contributed by atoms with Gasteiger partial charge in [0, 0.05) is 38.7 Å². The van der Waals surface area contributed by atoms with E-state index in [4.69, 9.17) is 4.74 Å². The second-order valence-corrected chi connectivity index (χ2v) is 8.61. The molecule has 2 aromatic heterocycles. The van der Waals surface area contributed by atoms with E-state index in [2.05, 4.69) is 20.6 Å². The number of pyridine rings is 2. The van der Waals surface area contributed by atoms with Crippen molar-refractivity contribution >= 4 is 23.7 Å². The maximum atomic E-state index is 13.5. The summed E-state index contributed by atoms with van der Waals surface area (Å²) in [7, 11) is 1.50. The third-order valence-electron chi connectivity index (χ3n) is 6.39. The van der Waals surface area contributed by atoms with Gasteiger partial charge in [-0.05, 0) is 44.4 Å². The van der Waals surface area contributed by atoms with Crippen LogP contribution in [0.1, 0.15) is 48.3 Å². The van der Waals surface area contributed by atoms with Crippen molar-refractivity contribution in [2.75, 3.05) is 18.9 Å². The van der Waals surface area contributed by atoms with Gasteiger partial charge in [-0.2, -0.15) is 0 Å². The Morgan fingerprint density at radius 3 is 2.53 bits per heavy atom. The molecule has 2 aromatic rings. The zero-order chi connectivity index (χ0) is 24.5. The molecule has 1 aliphatic carbocycles. The third-order valence-corrected chi connectivity index (χ3v) is 6.39. The van der Waals surface area contributed by atoms with Crippen LogP contribution in [0.4, 0.5) is 19.4 Å². The number of carbonyl (C=O) groups excluding carboxylic acids is 3. The first-order chi connectivity index (χ1) is 16.1. The molecule has 2 aliphatic rings. The Balaban J connectivity index is 1.41. The number of hydrogen-bond acceptors (Lipinski definition) is 6. The molecule has 4 rings (SSSR count). The van der Waals surface area contributed by atoms with Crippen molar-refractivity contribution in [2.45, 2.75) is 45.0 Å². The Morgan fingerprint density at radius 2 is 1.85 bits per heavy atom. The fourth-order valence-electron chi connectivity index (χ4n) is 4.33. The Bertz CT molecular complexity index is 1130. The predicted octanol–water partition coefficient (Wildman–Crippen LogP) is 3.90. The lowest BCUT2D eigenvalue weighted by Gasteiger charge is -2.35. The number of amides is 4. The number of nitrogens with zero attached hydrogens (tertiary/aromatic N) is 3. The lowest BCUT2D eigenvalue weighted by atomic mass is 9.72. The summed E-state index contributed by atoms with van der Waals surface area (Å²) in [4.78, 5) is 46.7. The van der Waals surface area contributed by atoms with Crippen LogP contribution in [-0.4, -0.2) is 52.2 Å². The molecule has 180 valence electrons. The van der Waals surface area contributed by atoms with Crippen LogP contribution < -0.4 is 15.4 Å². The van der Waals surface area contributed by atoms with Crippen molar-refractivity contribution in [3.63, 3.8) is 0 Å². The van der Waals surface area contributed by atoms with Crippen molar-refractivity contribution in [3.8, 4) is 11.5 Å². The lowest BCUT2D eigenvalue weighted by Crippen LogP contribution is -2.43. The Labute approximate surface area is 194 Å². The summed E-state index contributed by atoms with van der Waals surface area (Å²) in [6, 6.07) is 5.58. The Hall–Kier alpha value is -3.63. The number of urea groups is 1. The lowest BCUT2D eigenvalue weighted by molar-refractivity contribution is -0.140. The Morgan fingerprint density at radius 1 is 1.12 bits per heavy atom. The summed E-state index contributed by atoms with van der Waals surface area (Å²) in [6.07, 6.45) is 1.34. The van der Waals surface area contributed by atoms with Crippen LogP contribution in [0.5, 0.6) is 11.5 Å². The van der Waals surface area contributed by atoms with Crippen molar-refractivity contribution in [2.24, 2.45) is 5.41 Å². The Kier molecular flexibility index (Phi) is 6.20. The second kappa shape index (κ2) is 8.96. The fourth-order valence-corrected chi connectivity index (χ4v) is 4.33. The molecule has 9 nitrogen and oxygen atoms in total. The molecule has 0 radical (unpaired) electrons. The summed E-state index contributed by atoms with van der Waals surface area (Å²) in [5.41, 5.74) is -0.211. The maximum Gasteiger partial charge on any atom is 0.329 e. The minimum atomic E-state index is -2.74. The highest BCUT2D eigenvalue weighted by Crippen LogP contribution is 2.49. The third kappa shape index (κ3) is 4.68. The topological polar surface area (TPSA) is 114 Å². The van der Waals surface area contributed by atoms with Gasteiger partial charge in [-0.15, -0.1) is 0 Å². The number of ether oxygens (including phenoxy) is 1. The van der Waals surface area contributed by atoms with Crippen LogP contribution >= 0.6 is 0 Å². The SMILES string of the molecule is CNC(=O)c1cc(Oc2ccc(NC(=O)N3CCC4(CCC(F)(F)CC4)C3=O)nc2C)ccn1. The van der Waals surface area contributed by atoms with Gasteiger partial charge in [0.1, 0.15) is 23.0 Å². The molecule has 0 unspecified atom stereocenters. The molecular weight excluding hydrogens is 448 g/mol. The van der Waals surface area contributed by atoms with Crippen LogP contribution in [0, 0.1) is 12.3 Å². The highest BCUT2D eigenvalue weighted by molar-refractivity contribution is 6.04. The number of nitrogens with one attached hydrogen (secondary N) is 2. The minimum Gasteiger partial charge on any atom is -0.455 e. The average molecular weight is 473 g/mol. The number of likely N-dealkylation sites (tertiary alicyclic amines) is 1. The first kappa shape index (κ1) is 23.5. The number of hydrogen-bond donors (Lipinski definition) is 2. The van der Waals surface area contributed by atoms with Gasteiger partial charge in [0.25, 0.3) is 5.91 Å². The zero-order valence-electron chi connectivity index (χ0n) is 18.9. The molecule has 1 aliphatic heterocycles. The summed E-state index contributed by atoms with van der Waals surface area (Å²) >= 11 is 0. The van der Waals surface area contributed by atoms with E-state index in [1.165, 1.54) is 25.4 Å². The van der Waals surface area contributed by atoms with E-state index >= 15 is 0 Å². The summed E-state index contributed by atoms with van der Waals surface area (Å²) in [6.45, 7) is 1.87. The van der Waals surface area contributed by atoms with Crippen molar-refractivity contribution < 1.29 is 27.9 Å². The van der Waals surface area contributed by atoms with Gasteiger partial charge < -0.3 is 10.1 Å². The van der Waals surface area contributed by atoms with Gasteiger partial charge in [-0.1, -0.05) is 0 Å². The number of alkyl halides is 2. The normalized spacial score (nSPS) is 18.6. The molecule has 1 spiro atoms. The molecule has 1 saturated carbocycles. The number of aryl methyl sites for hydroxylation is 1. The monoisotopic (exact) mass is 473 g/mol. The number of rotatable bonds is 4. The van der Waals surface area contributed by atoms with Gasteiger partial charge in [-0.3, -0.25) is 24.8 Å². The highest BCUT2D eigenvalue weighted by atomic mass is 19.3. The van der Waals surface area contributed by atoms with Crippen molar-refractivity contribution in [1.82, 2.24) is 20.2 Å². The van der Waals surface area contributed by atoms with Gasteiger partial charge in [-0.25, -0.2) is 18.6 Å². The minimum absolute atomic E-state index is 0.0860. The van der Waals surface area contributed by atoms with Gasteiger partial charge in [0.2, 0.25) is 11.8 Å². The van der Waals surface area contributed by atoms with Crippen LogP contribution in [-0.2, 0) is 4.79 Å². The smallest absolute Gasteiger partial charge is 0.329 e. The molecular formula is C23H25F2N5O4. The summed E-state index contributed by atoms with van der Waals surface area (Å²) in [5, 5.41) is 5.09. The van der Waals surface area contributed by atoms with E-state index in [-0.39, 0.29) is 49.6 Å². The number of imide groups is 1. The van der Waals surface area contributed by atoms with Crippen LogP contribution in [0.15, 0.2) is 30.5 Å². The molecule has 0 atom stereocenters. The van der Waals surface area contributed by atoms with Crippen molar-refractivity contribution in [1.29, 1.82) is 0 Å². The van der Waals surface area contributed by atoms with Crippen LogP contribution in [0.3, 0.4) is 0 Å². The molecule has 0 aromatic carbocycles. The number of halogens is 2.